The third kappa shape index (κ3) is 2.74. The minimum absolute atomic E-state index is 0.131. The summed E-state index contributed by atoms with van der Waals surface area (Å²) in [5, 5.41) is 2.62. The van der Waals surface area contributed by atoms with E-state index in [1.165, 1.54) is 7.11 Å². The second-order valence-corrected chi connectivity index (χ2v) is 2.61. The van der Waals surface area contributed by atoms with E-state index in [0.29, 0.717) is 0 Å². The molecule has 0 saturated heterocycles. The van der Waals surface area contributed by atoms with Gasteiger partial charge in [0.15, 0.2) is 0 Å². The molecule has 1 aromatic rings. The van der Waals surface area contributed by atoms with Crippen molar-refractivity contribution in [2.75, 3.05) is 7.11 Å². The van der Waals surface area contributed by atoms with Gasteiger partial charge in [-0.25, -0.2) is 4.79 Å². The van der Waals surface area contributed by atoms with E-state index in [-0.39, 0.29) is 6.04 Å². The summed E-state index contributed by atoms with van der Waals surface area (Å²) in [6.45, 7) is 1.85. The maximum Gasteiger partial charge on any atom is 0.407 e. The Morgan fingerprint density at radius 2 is 2.38 bits per heavy atom. The maximum atomic E-state index is 10.8. The molecule has 1 rings (SSSR count). The van der Waals surface area contributed by atoms with Crippen molar-refractivity contribution < 1.29 is 9.53 Å². The first-order chi connectivity index (χ1) is 6.24. The normalized spacial score (nSPS) is 11.8. The van der Waals surface area contributed by atoms with Crippen LogP contribution in [0.25, 0.3) is 0 Å². The number of ether oxygens (including phenoxy) is 1. The van der Waals surface area contributed by atoms with E-state index >= 15 is 0 Å². The molecule has 0 saturated carbocycles. The highest BCUT2D eigenvalue weighted by Gasteiger charge is 2.08. The Bertz CT molecular complexity index is 274. The zero-order valence-corrected chi connectivity index (χ0v) is 7.65. The summed E-state index contributed by atoms with van der Waals surface area (Å²) in [7, 11) is 1.33. The van der Waals surface area contributed by atoms with E-state index in [1.807, 2.05) is 25.1 Å². The van der Waals surface area contributed by atoms with Gasteiger partial charge >= 0.3 is 6.09 Å². The molecule has 0 aromatic carbocycles. The molecule has 4 heteroatoms. The highest BCUT2D eigenvalue weighted by molar-refractivity contribution is 5.67. The standard InChI is InChI=1S/C9H12N2O2/c1-7(11-9(12)13-2)8-5-3-4-6-10-8/h3-7H,1-2H3,(H,11,12)/t7-/m1/s1. The van der Waals surface area contributed by atoms with Crippen LogP contribution < -0.4 is 5.32 Å². The Morgan fingerprint density at radius 1 is 1.62 bits per heavy atom. The average Bonchev–Trinajstić information content (AvgIpc) is 2.19. The first kappa shape index (κ1) is 9.51. The van der Waals surface area contributed by atoms with Crippen LogP contribution in [0.15, 0.2) is 24.4 Å². The molecule has 4 nitrogen and oxygen atoms in total. The van der Waals surface area contributed by atoms with Gasteiger partial charge in [-0.05, 0) is 19.1 Å². The maximum absolute atomic E-state index is 10.8. The lowest BCUT2D eigenvalue weighted by Crippen LogP contribution is -2.26. The molecule has 0 aliphatic heterocycles. The van der Waals surface area contributed by atoms with Gasteiger partial charge in [-0.1, -0.05) is 6.07 Å². The summed E-state index contributed by atoms with van der Waals surface area (Å²) in [5.41, 5.74) is 0.813. The van der Waals surface area contributed by atoms with Crippen molar-refractivity contribution in [3.63, 3.8) is 0 Å². The Hall–Kier alpha value is -1.58. The zero-order valence-electron chi connectivity index (χ0n) is 7.65. The molecular formula is C9H12N2O2. The number of hydrogen-bond donors (Lipinski definition) is 1. The minimum atomic E-state index is -0.446. The van der Waals surface area contributed by atoms with Gasteiger partial charge in [-0.15, -0.1) is 0 Å². The second-order valence-electron chi connectivity index (χ2n) is 2.61. The lowest BCUT2D eigenvalue weighted by Gasteiger charge is -2.11. The van der Waals surface area contributed by atoms with Gasteiger partial charge in [0.25, 0.3) is 0 Å². The number of carbonyl (C=O) groups excluding carboxylic acids is 1. The second kappa shape index (κ2) is 4.45. The largest absolute Gasteiger partial charge is 0.453 e. The van der Waals surface area contributed by atoms with Crippen LogP contribution in [0.4, 0.5) is 4.79 Å². The van der Waals surface area contributed by atoms with Gasteiger partial charge in [-0.2, -0.15) is 0 Å². The first-order valence-electron chi connectivity index (χ1n) is 3.99. The Labute approximate surface area is 76.9 Å². The van der Waals surface area contributed by atoms with E-state index in [0.717, 1.165) is 5.69 Å². The number of nitrogens with zero attached hydrogens (tertiary/aromatic N) is 1. The molecule has 70 valence electrons. The molecule has 0 aliphatic rings. The third-order valence-corrected chi connectivity index (χ3v) is 1.65. The molecule has 1 heterocycles. The Kier molecular flexibility index (Phi) is 3.25. The fraction of sp³-hybridized carbons (Fsp3) is 0.333. The van der Waals surface area contributed by atoms with Gasteiger partial charge < -0.3 is 10.1 Å². The number of aromatic nitrogens is 1. The monoisotopic (exact) mass is 180 g/mol. The SMILES string of the molecule is COC(=O)N[C@H](C)c1ccccn1. The predicted molar refractivity (Wildman–Crippen MR) is 48.2 cm³/mol. The molecule has 0 fully saturated rings. The molecule has 13 heavy (non-hydrogen) atoms. The zero-order chi connectivity index (χ0) is 9.68. The van der Waals surface area contributed by atoms with Crippen LogP contribution in [0.1, 0.15) is 18.7 Å². The summed E-state index contributed by atoms with van der Waals surface area (Å²) in [6.07, 6.45) is 1.24. The molecule has 0 unspecified atom stereocenters. The lowest BCUT2D eigenvalue weighted by atomic mass is 10.2. The summed E-state index contributed by atoms with van der Waals surface area (Å²) in [6, 6.07) is 5.42. The number of pyridine rings is 1. The summed E-state index contributed by atoms with van der Waals surface area (Å²) in [5.74, 6) is 0. The molecule has 1 N–H and O–H groups in total. The molecule has 0 aliphatic carbocycles. The third-order valence-electron chi connectivity index (χ3n) is 1.65. The number of carbonyl (C=O) groups is 1. The molecular weight excluding hydrogens is 168 g/mol. The number of hydrogen-bond acceptors (Lipinski definition) is 3. The van der Waals surface area contributed by atoms with Crippen LogP contribution in [0.2, 0.25) is 0 Å². The quantitative estimate of drug-likeness (QED) is 0.750. The van der Waals surface area contributed by atoms with Crippen molar-refractivity contribution in [3.8, 4) is 0 Å². The van der Waals surface area contributed by atoms with E-state index in [1.54, 1.807) is 6.20 Å². The van der Waals surface area contributed by atoms with Crippen LogP contribution in [0.3, 0.4) is 0 Å². The predicted octanol–water partition coefficient (Wildman–Crippen LogP) is 1.50. The van der Waals surface area contributed by atoms with Crippen molar-refractivity contribution >= 4 is 6.09 Å². The van der Waals surface area contributed by atoms with Gasteiger partial charge in [-0.3, -0.25) is 4.98 Å². The smallest absolute Gasteiger partial charge is 0.407 e. The summed E-state index contributed by atoms with van der Waals surface area (Å²) in [4.78, 5) is 14.9. The molecule has 1 aromatic heterocycles. The van der Waals surface area contributed by atoms with Crippen LogP contribution in [-0.4, -0.2) is 18.2 Å². The summed E-state index contributed by atoms with van der Waals surface area (Å²) >= 11 is 0. The van der Waals surface area contributed by atoms with Crippen molar-refractivity contribution in [2.45, 2.75) is 13.0 Å². The number of nitrogens with one attached hydrogen (secondary N) is 1. The molecule has 0 spiro atoms. The van der Waals surface area contributed by atoms with Crippen molar-refractivity contribution in [2.24, 2.45) is 0 Å². The average molecular weight is 180 g/mol. The Morgan fingerprint density at radius 3 is 2.92 bits per heavy atom. The number of methoxy groups -OCH3 is 1. The number of rotatable bonds is 2. The van der Waals surface area contributed by atoms with Gasteiger partial charge in [0.2, 0.25) is 0 Å². The van der Waals surface area contributed by atoms with Crippen molar-refractivity contribution in [3.05, 3.63) is 30.1 Å². The number of alkyl carbamates (subject to hydrolysis) is 1. The molecule has 1 atom stereocenters. The van der Waals surface area contributed by atoms with E-state index in [2.05, 4.69) is 15.0 Å². The van der Waals surface area contributed by atoms with E-state index < -0.39 is 6.09 Å². The first-order valence-corrected chi connectivity index (χ1v) is 3.99. The minimum Gasteiger partial charge on any atom is -0.453 e. The van der Waals surface area contributed by atoms with E-state index in [9.17, 15) is 4.79 Å². The van der Waals surface area contributed by atoms with Crippen LogP contribution in [0, 0.1) is 0 Å². The highest BCUT2D eigenvalue weighted by atomic mass is 16.5. The van der Waals surface area contributed by atoms with Gasteiger partial charge in [0.05, 0.1) is 18.8 Å². The highest BCUT2D eigenvalue weighted by Crippen LogP contribution is 2.07. The molecule has 0 radical (unpaired) electrons. The molecule has 1 amide bonds. The van der Waals surface area contributed by atoms with Crippen LogP contribution in [-0.2, 0) is 4.74 Å². The fourth-order valence-electron chi connectivity index (χ4n) is 0.942. The summed E-state index contributed by atoms with van der Waals surface area (Å²) < 4.78 is 4.46. The van der Waals surface area contributed by atoms with Crippen LogP contribution in [0.5, 0.6) is 0 Å². The van der Waals surface area contributed by atoms with Crippen LogP contribution >= 0.6 is 0 Å². The molecule has 0 bridgehead atoms. The lowest BCUT2D eigenvalue weighted by molar-refractivity contribution is 0.167. The van der Waals surface area contributed by atoms with Crippen molar-refractivity contribution in [1.82, 2.24) is 10.3 Å². The van der Waals surface area contributed by atoms with E-state index in [4.69, 9.17) is 0 Å². The fourth-order valence-corrected chi connectivity index (χ4v) is 0.942. The van der Waals surface area contributed by atoms with Gasteiger partial charge in [0, 0.05) is 6.20 Å². The van der Waals surface area contributed by atoms with Crippen molar-refractivity contribution in [1.29, 1.82) is 0 Å². The Balaban J connectivity index is 2.59. The van der Waals surface area contributed by atoms with Gasteiger partial charge in [0.1, 0.15) is 0 Å². The topological polar surface area (TPSA) is 51.2 Å². The number of amides is 1.